The summed E-state index contributed by atoms with van der Waals surface area (Å²) in [7, 11) is 0. The van der Waals surface area contributed by atoms with Crippen LogP contribution < -0.4 is 0 Å². The summed E-state index contributed by atoms with van der Waals surface area (Å²) >= 11 is 9.67. The Labute approximate surface area is 64.4 Å². The molecule has 0 saturated carbocycles. The first kappa shape index (κ1) is 8.82. The fourth-order valence-corrected chi connectivity index (χ4v) is 0.968. The van der Waals surface area contributed by atoms with Crippen molar-refractivity contribution in [2.24, 2.45) is 0 Å². The minimum Gasteiger partial charge on any atom is -0.412 e. The maximum Gasteiger partial charge on any atom is 0.0417 e. The van der Waals surface area contributed by atoms with Crippen LogP contribution in [-0.2, 0) is 0 Å². The molecule has 9 heavy (non-hydrogen) atoms. The molecule has 0 spiro atoms. The number of thiol groups is 1. The van der Waals surface area contributed by atoms with E-state index in [9.17, 15) is 0 Å². The van der Waals surface area contributed by atoms with E-state index in [0.717, 1.165) is 9.92 Å². The quantitative estimate of drug-likeness (QED) is 0.565. The third kappa shape index (κ3) is 2.75. The molecule has 0 saturated heterocycles. The lowest BCUT2D eigenvalue weighted by Crippen LogP contribution is -1.62. The fourth-order valence-electron chi connectivity index (χ4n) is 0.476. The first-order valence-electron chi connectivity index (χ1n) is 2.23. The molecule has 0 amide bonds. The molecule has 0 bridgehead atoms. The van der Waals surface area contributed by atoms with Gasteiger partial charge in [-0.05, 0) is 18.2 Å². The predicted molar refractivity (Wildman–Crippen MR) is 42.3 cm³/mol. The van der Waals surface area contributed by atoms with E-state index in [-0.39, 0.29) is 5.48 Å². The molecule has 0 aromatic heterocycles. The maximum absolute atomic E-state index is 5.60. The molecule has 1 nitrogen and oxygen atoms in total. The van der Waals surface area contributed by atoms with Crippen LogP contribution in [0.1, 0.15) is 0 Å². The number of halogens is 1. The summed E-state index contributed by atoms with van der Waals surface area (Å²) in [5.41, 5.74) is 0. The van der Waals surface area contributed by atoms with Gasteiger partial charge in [0.2, 0.25) is 0 Å². The summed E-state index contributed by atoms with van der Waals surface area (Å²) in [6.45, 7) is 0. The Morgan fingerprint density at radius 2 is 2.00 bits per heavy atom. The molecule has 0 radical (unpaired) electrons. The van der Waals surface area contributed by atoms with Crippen molar-refractivity contribution < 1.29 is 5.48 Å². The molecule has 0 aliphatic heterocycles. The van der Waals surface area contributed by atoms with Crippen LogP contribution in [0.2, 0.25) is 5.02 Å². The highest BCUT2D eigenvalue weighted by molar-refractivity contribution is 7.80. The predicted octanol–water partition coefficient (Wildman–Crippen LogP) is 1.80. The van der Waals surface area contributed by atoms with Gasteiger partial charge in [-0.3, -0.25) is 0 Å². The van der Waals surface area contributed by atoms with E-state index in [1.807, 2.05) is 18.2 Å². The summed E-state index contributed by atoms with van der Waals surface area (Å²) in [5, 5.41) is 0.734. The number of hydrogen-bond acceptors (Lipinski definition) is 1. The first-order chi connectivity index (χ1) is 3.79. The van der Waals surface area contributed by atoms with E-state index in [4.69, 9.17) is 11.6 Å². The average Bonchev–Trinajstić information content (AvgIpc) is 1.64. The Morgan fingerprint density at radius 3 is 2.33 bits per heavy atom. The zero-order valence-corrected chi connectivity index (χ0v) is 6.28. The summed E-state index contributed by atoms with van der Waals surface area (Å²) in [6.07, 6.45) is 0. The fraction of sp³-hybridized carbons (Fsp3) is 0. The van der Waals surface area contributed by atoms with Gasteiger partial charge in [0.1, 0.15) is 0 Å². The van der Waals surface area contributed by atoms with Crippen molar-refractivity contribution in [2.45, 2.75) is 4.90 Å². The lowest BCUT2D eigenvalue weighted by atomic mass is 10.4. The van der Waals surface area contributed by atoms with E-state index in [1.165, 1.54) is 0 Å². The Balaban J connectivity index is 0.000000640. The highest BCUT2D eigenvalue weighted by Crippen LogP contribution is 2.12. The molecule has 0 heterocycles. The van der Waals surface area contributed by atoms with Crippen molar-refractivity contribution in [2.75, 3.05) is 0 Å². The summed E-state index contributed by atoms with van der Waals surface area (Å²) < 4.78 is 0. The van der Waals surface area contributed by atoms with E-state index in [0.29, 0.717) is 0 Å². The van der Waals surface area contributed by atoms with Crippen LogP contribution in [0.15, 0.2) is 29.2 Å². The number of rotatable bonds is 0. The summed E-state index contributed by atoms with van der Waals surface area (Å²) in [6, 6.07) is 7.37. The zero-order valence-electron chi connectivity index (χ0n) is 4.63. The minimum absolute atomic E-state index is 0. The van der Waals surface area contributed by atoms with Crippen molar-refractivity contribution in [1.29, 1.82) is 0 Å². The Kier molecular flexibility index (Phi) is 3.70. The smallest absolute Gasteiger partial charge is 0.0417 e. The molecule has 1 aromatic rings. The van der Waals surface area contributed by atoms with Crippen molar-refractivity contribution in [3.8, 4) is 0 Å². The molecule has 0 aliphatic rings. The molecular weight excluding hydrogens is 156 g/mol. The molecule has 0 fully saturated rings. The lowest BCUT2D eigenvalue weighted by molar-refractivity contribution is 0.824. The molecule has 50 valence electrons. The first-order valence-corrected chi connectivity index (χ1v) is 3.06. The van der Waals surface area contributed by atoms with Crippen molar-refractivity contribution >= 4 is 24.2 Å². The maximum atomic E-state index is 5.60. The third-order valence-corrected chi connectivity index (χ3v) is 1.32. The van der Waals surface area contributed by atoms with Crippen LogP contribution in [0.4, 0.5) is 0 Å². The average molecular weight is 163 g/mol. The van der Waals surface area contributed by atoms with Crippen LogP contribution in [0.5, 0.6) is 0 Å². The second-order valence-corrected chi connectivity index (χ2v) is 2.43. The Bertz CT molecular complexity index is 173. The van der Waals surface area contributed by atoms with Gasteiger partial charge in [0, 0.05) is 9.92 Å². The van der Waals surface area contributed by atoms with Crippen LogP contribution in [0.3, 0.4) is 0 Å². The second kappa shape index (κ2) is 3.77. The van der Waals surface area contributed by atoms with Crippen LogP contribution >= 0.6 is 24.2 Å². The standard InChI is InChI=1S/C6H5ClS.H2O/c7-5-2-1-3-6(8)4-5;/h1-4,8H;1H2. The normalized spacial score (nSPS) is 8.22. The van der Waals surface area contributed by atoms with Gasteiger partial charge in [0.15, 0.2) is 0 Å². The van der Waals surface area contributed by atoms with Gasteiger partial charge in [-0.2, -0.15) is 0 Å². The van der Waals surface area contributed by atoms with E-state index < -0.39 is 0 Å². The van der Waals surface area contributed by atoms with Gasteiger partial charge in [0.05, 0.1) is 0 Å². The third-order valence-electron chi connectivity index (χ3n) is 0.808. The van der Waals surface area contributed by atoms with Crippen LogP contribution in [0.25, 0.3) is 0 Å². The summed E-state index contributed by atoms with van der Waals surface area (Å²) in [4.78, 5) is 0.900. The van der Waals surface area contributed by atoms with E-state index in [1.54, 1.807) is 6.07 Å². The summed E-state index contributed by atoms with van der Waals surface area (Å²) in [5.74, 6) is 0. The molecule has 1 rings (SSSR count). The molecule has 0 aliphatic carbocycles. The molecule has 0 atom stereocenters. The molecule has 1 aromatic carbocycles. The lowest BCUT2D eigenvalue weighted by Gasteiger charge is -1.87. The van der Waals surface area contributed by atoms with Gasteiger partial charge in [-0.25, -0.2) is 0 Å². The van der Waals surface area contributed by atoms with Crippen molar-refractivity contribution in [3.05, 3.63) is 29.3 Å². The number of benzene rings is 1. The SMILES string of the molecule is O.Sc1cccc(Cl)c1. The van der Waals surface area contributed by atoms with Gasteiger partial charge in [0.25, 0.3) is 0 Å². The highest BCUT2D eigenvalue weighted by atomic mass is 35.5. The van der Waals surface area contributed by atoms with E-state index in [2.05, 4.69) is 12.6 Å². The van der Waals surface area contributed by atoms with Crippen molar-refractivity contribution in [3.63, 3.8) is 0 Å². The zero-order chi connectivity index (χ0) is 5.98. The molecule has 3 heteroatoms. The number of hydrogen-bond donors (Lipinski definition) is 1. The molecule has 2 N–H and O–H groups in total. The van der Waals surface area contributed by atoms with E-state index >= 15 is 0 Å². The van der Waals surface area contributed by atoms with Gasteiger partial charge < -0.3 is 5.48 Å². The minimum atomic E-state index is 0. The monoisotopic (exact) mass is 162 g/mol. The Morgan fingerprint density at radius 1 is 1.33 bits per heavy atom. The molecule has 0 unspecified atom stereocenters. The van der Waals surface area contributed by atoms with Crippen LogP contribution in [-0.4, -0.2) is 5.48 Å². The van der Waals surface area contributed by atoms with Gasteiger partial charge in [-0.15, -0.1) is 12.6 Å². The molecular formula is C6H7ClOS. The van der Waals surface area contributed by atoms with Crippen LogP contribution in [0, 0.1) is 0 Å². The topological polar surface area (TPSA) is 31.5 Å². The van der Waals surface area contributed by atoms with Crippen molar-refractivity contribution in [1.82, 2.24) is 0 Å². The second-order valence-electron chi connectivity index (χ2n) is 1.48. The Hall–Kier alpha value is -0.180. The highest BCUT2D eigenvalue weighted by Gasteiger charge is 1.83. The largest absolute Gasteiger partial charge is 0.412 e. The van der Waals surface area contributed by atoms with Gasteiger partial charge in [-0.1, -0.05) is 17.7 Å². The van der Waals surface area contributed by atoms with Gasteiger partial charge >= 0.3 is 0 Å².